The predicted molar refractivity (Wildman–Crippen MR) is 73.1 cm³/mol. The van der Waals surface area contributed by atoms with Crippen LogP contribution in [0.25, 0.3) is 0 Å². The van der Waals surface area contributed by atoms with E-state index >= 15 is 0 Å². The van der Waals surface area contributed by atoms with Gasteiger partial charge in [-0.3, -0.25) is 0 Å². The summed E-state index contributed by atoms with van der Waals surface area (Å²) < 4.78 is 23.9. The molecule has 0 unspecified atom stereocenters. The SMILES string of the molecule is C=CCC[C@@H](N)c1cc(OC)c(OC)cc1F.Cl. The van der Waals surface area contributed by atoms with E-state index in [0.717, 1.165) is 6.42 Å². The van der Waals surface area contributed by atoms with Crippen LogP contribution in [0.4, 0.5) is 4.39 Å². The Balaban J connectivity index is 0.00000289. The van der Waals surface area contributed by atoms with Gasteiger partial charge in [-0.2, -0.15) is 0 Å². The van der Waals surface area contributed by atoms with E-state index in [-0.39, 0.29) is 24.3 Å². The van der Waals surface area contributed by atoms with Crippen molar-refractivity contribution in [1.29, 1.82) is 0 Å². The third-order valence-corrected chi connectivity index (χ3v) is 2.58. The zero-order valence-corrected chi connectivity index (χ0v) is 11.4. The molecule has 1 rings (SSSR count). The van der Waals surface area contributed by atoms with E-state index in [1.807, 2.05) is 0 Å². The van der Waals surface area contributed by atoms with Crippen LogP contribution in [0.2, 0.25) is 0 Å². The highest BCUT2D eigenvalue weighted by Gasteiger charge is 2.15. The lowest BCUT2D eigenvalue weighted by Gasteiger charge is -2.15. The molecule has 102 valence electrons. The Kier molecular flexibility index (Phi) is 7.39. The lowest BCUT2D eigenvalue weighted by Crippen LogP contribution is -2.12. The maximum Gasteiger partial charge on any atom is 0.163 e. The molecule has 0 saturated carbocycles. The van der Waals surface area contributed by atoms with Gasteiger partial charge in [0, 0.05) is 17.7 Å². The number of methoxy groups -OCH3 is 2. The van der Waals surface area contributed by atoms with Crippen molar-refractivity contribution >= 4 is 12.4 Å². The second kappa shape index (κ2) is 7.95. The molecule has 0 radical (unpaired) electrons. The third-order valence-electron chi connectivity index (χ3n) is 2.58. The third kappa shape index (κ3) is 3.89. The fraction of sp³-hybridized carbons (Fsp3) is 0.385. The normalized spacial score (nSPS) is 11.3. The van der Waals surface area contributed by atoms with Gasteiger partial charge in [0.25, 0.3) is 0 Å². The molecule has 1 aromatic carbocycles. The molecule has 0 bridgehead atoms. The Morgan fingerprint density at radius 1 is 1.33 bits per heavy atom. The van der Waals surface area contributed by atoms with E-state index in [2.05, 4.69) is 6.58 Å². The summed E-state index contributed by atoms with van der Waals surface area (Å²) in [7, 11) is 2.98. The highest BCUT2D eigenvalue weighted by atomic mass is 35.5. The smallest absolute Gasteiger partial charge is 0.163 e. The number of allylic oxidation sites excluding steroid dienone is 1. The van der Waals surface area contributed by atoms with E-state index in [4.69, 9.17) is 15.2 Å². The first kappa shape index (κ1) is 16.7. The Bertz CT molecular complexity index is 399. The maximum atomic E-state index is 13.8. The molecule has 0 aromatic heterocycles. The standard InChI is InChI=1S/C13H18FNO2.ClH/c1-4-5-6-11(15)9-7-12(16-2)13(17-3)8-10(9)14;/h4,7-8,11H,1,5-6,15H2,2-3H3;1H/t11-;/m1./s1. The second-order valence-corrected chi connectivity index (χ2v) is 3.70. The van der Waals surface area contributed by atoms with Crippen LogP contribution < -0.4 is 15.2 Å². The van der Waals surface area contributed by atoms with Gasteiger partial charge >= 0.3 is 0 Å². The van der Waals surface area contributed by atoms with Gasteiger partial charge in [0.2, 0.25) is 0 Å². The number of ether oxygens (including phenoxy) is 2. The first-order valence-electron chi connectivity index (χ1n) is 5.42. The fourth-order valence-corrected chi connectivity index (χ4v) is 1.61. The van der Waals surface area contributed by atoms with Crippen LogP contribution in [0, 0.1) is 5.82 Å². The summed E-state index contributed by atoms with van der Waals surface area (Å²) in [6, 6.07) is 2.51. The molecule has 2 N–H and O–H groups in total. The molecule has 1 aromatic rings. The molecule has 18 heavy (non-hydrogen) atoms. The van der Waals surface area contributed by atoms with Crippen LogP contribution in [0.3, 0.4) is 0 Å². The summed E-state index contributed by atoms with van der Waals surface area (Å²) in [5.74, 6) is 0.474. The van der Waals surface area contributed by atoms with Crippen LogP contribution >= 0.6 is 12.4 Å². The Labute approximate surface area is 113 Å². The molecular formula is C13H19ClFNO2. The fourth-order valence-electron chi connectivity index (χ4n) is 1.61. The van der Waals surface area contributed by atoms with Crippen molar-refractivity contribution in [2.45, 2.75) is 18.9 Å². The highest BCUT2D eigenvalue weighted by Crippen LogP contribution is 2.32. The molecule has 0 aliphatic rings. The van der Waals surface area contributed by atoms with Gasteiger partial charge in [0.15, 0.2) is 11.5 Å². The highest BCUT2D eigenvalue weighted by molar-refractivity contribution is 5.85. The first-order valence-corrected chi connectivity index (χ1v) is 5.42. The van der Waals surface area contributed by atoms with Crippen molar-refractivity contribution in [3.05, 3.63) is 36.2 Å². The largest absolute Gasteiger partial charge is 0.493 e. The monoisotopic (exact) mass is 275 g/mol. The predicted octanol–water partition coefficient (Wildman–Crippen LogP) is 3.23. The molecule has 0 spiro atoms. The molecule has 0 aliphatic heterocycles. The van der Waals surface area contributed by atoms with Crippen molar-refractivity contribution in [2.24, 2.45) is 5.73 Å². The van der Waals surface area contributed by atoms with Gasteiger partial charge in [-0.15, -0.1) is 19.0 Å². The molecule has 3 nitrogen and oxygen atoms in total. The van der Waals surface area contributed by atoms with Crippen molar-refractivity contribution in [3.63, 3.8) is 0 Å². The van der Waals surface area contributed by atoms with E-state index in [9.17, 15) is 4.39 Å². The summed E-state index contributed by atoms with van der Waals surface area (Å²) >= 11 is 0. The quantitative estimate of drug-likeness (QED) is 0.811. The molecule has 0 fully saturated rings. The summed E-state index contributed by atoms with van der Waals surface area (Å²) in [6.45, 7) is 3.62. The zero-order chi connectivity index (χ0) is 12.8. The maximum absolute atomic E-state index is 13.8. The average molecular weight is 276 g/mol. The van der Waals surface area contributed by atoms with E-state index in [0.29, 0.717) is 23.5 Å². The van der Waals surface area contributed by atoms with Gasteiger partial charge in [-0.25, -0.2) is 4.39 Å². The molecule has 0 aliphatic carbocycles. The Hall–Kier alpha value is -1.26. The number of halogens is 2. The number of hydrogen-bond donors (Lipinski definition) is 1. The van der Waals surface area contributed by atoms with Crippen LogP contribution in [0.15, 0.2) is 24.8 Å². The van der Waals surface area contributed by atoms with Crippen molar-refractivity contribution < 1.29 is 13.9 Å². The topological polar surface area (TPSA) is 44.5 Å². The molecule has 0 saturated heterocycles. The van der Waals surface area contributed by atoms with Crippen molar-refractivity contribution in [3.8, 4) is 11.5 Å². The molecule has 0 amide bonds. The summed E-state index contributed by atoms with van der Waals surface area (Å²) in [6.07, 6.45) is 3.16. The van der Waals surface area contributed by atoms with Gasteiger partial charge in [0.05, 0.1) is 14.2 Å². The average Bonchev–Trinajstić information content (AvgIpc) is 2.35. The molecular weight excluding hydrogens is 257 g/mol. The second-order valence-electron chi connectivity index (χ2n) is 3.70. The van der Waals surface area contributed by atoms with Crippen molar-refractivity contribution in [2.75, 3.05) is 14.2 Å². The summed E-state index contributed by atoms with van der Waals surface area (Å²) in [5.41, 5.74) is 6.35. The van der Waals surface area contributed by atoms with Crippen LogP contribution in [0.5, 0.6) is 11.5 Å². The van der Waals surface area contributed by atoms with Gasteiger partial charge in [-0.1, -0.05) is 6.08 Å². The summed E-state index contributed by atoms with van der Waals surface area (Å²) in [5, 5.41) is 0. The molecule has 5 heteroatoms. The van der Waals surface area contributed by atoms with E-state index < -0.39 is 0 Å². The minimum Gasteiger partial charge on any atom is -0.493 e. The Morgan fingerprint density at radius 3 is 2.39 bits per heavy atom. The molecule has 0 heterocycles. The van der Waals surface area contributed by atoms with Gasteiger partial charge in [0.1, 0.15) is 5.82 Å². The van der Waals surface area contributed by atoms with Gasteiger partial charge in [-0.05, 0) is 18.9 Å². The van der Waals surface area contributed by atoms with Crippen molar-refractivity contribution in [1.82, 2.24) is 0 Å². The molecule has 1 atom stereocenters. The van der Waals surface area contributed by atoms with E-state index in [1.54, 1.807) is 12.1 Å². The Morgan fingerprint density at radius 2 is 1.89 bits per heavy atom. The summed E-state index contributed by atoms with van der Waals surface area (Å²) in [4.78, 5) is 0. The van der Waals surface area contributed by atoms with Crippen LogP contribution in [0.1, 0.15) is 24.4 Å². The first-order chi connectivity index (χ1) is 8.13. The lowest BCUT2D eigenvalue weighted by atomic mass is 10.0. The number of rotatable bonds is 6. The lowest BCUT2D eigenvalue weighted by molar-refractivity contribution is 0.350. The van der Waals surface area contributed by atoms with E-state index in [1.165, 1.54) is 20.3 Å². The van der Waals surface area contributed by atoms with Crippen LogP contribution in [-0.2, 0) is 0 Å². The minimum atomic E-state index is -0.376. The van der Waals surface area contributed by atoms with Gasteiger partial charge < -0.3 is 15.2 Å². The number of nitrogens with two attached hydrogens (primary N) is 1. The zero-order valence-electron chi connectivity index (χ0n) is 10.6. The number of hydrogen-bond acceptors (Lipinski definition) is 3. The number of benzene rings is 1. The minimum absolute atomic E-state index is 0. The van der Waals surface area contributed by atoms with Crippen LogP contribution in [-0.4, -0.2) is 14.2 Å².